The Bertz CT molecular complexity index is 1720. The van der Waals surface area contributed by atoms with E-state index < -0.39 is 11.8 Å². The van der Waals surface area contributed by atoms with Crippen LogP contribution in [0.15, 0.2) is 78.9 Å². The van der Waals surface area contributed by atoms with Crippen LogP contribution in [0.4, 0.5) is 4.39 Å². The Morgan fingerprint density at radius 1 is 1.07 bits per heavy atom. The fourth-order valence-corrected chi connectivity index (χ4v) is 4.64. The van der Waals surface area contributed by atoms with E-state index in [9.17, 15) is 9.18 Å². The van der Waals surface area contributed by atoms with Crippen LogP contribution in [0.2, 0.25) is 5.02 Å². The molecule has 41 heavy (non-hydrogen) atoms. The molecule has 1 aliphatic heterocycles. The van der Waals surface area contributed by atoms with E-state index in [1.807, 2.05) is 41.0 Å². The Labute approximate surface area is 240 Å². The highest BCUT2D eigenvalue weighted by Crippen LogP contribution is 2.31. The summed E-state index contributed by atoms with van der Waals surface area (Å²) in [5, 5.41) is 0.330. The first-order valence-corrected chi connectivity index (χ1v) is 13.4. The van der Waals surface area contributed by atoms with Gasteiger partial charge >= 0.3 is 12.0 Å². The van der Waals surface area contributed by atoms with E-state index in [-0.39, 0.29) is 12.7 Å². The molecular formula is C31H25ClFN3O5. The Morgan fingerprint density at radius 2 is 1.90 bits per heavy atom. The van der Waals surface area contributed by atoms with Crippen molar-refractivity contribution in [3.05, 3.63) is 101 Å². The first-order chi connectivity index (χ1) is 20.0. The molecule has 1 atom stereocenters. The number of benzene rings is 3. The predicted octanol–water partition coefficient (Wildman–Crippen LogP) is 6.84. The minimum atomic E-state index is -0.429. The third-order valence-electron chi connectivity index (χ3n) is 6.79. The number of carbonyl (C=O) groups excluding carboxylic acids is 1. The van der Waals surface area contributed by atoms with Gasteiger partial charge in [-0.3, -0.25) is 4.57 Å². The topological polar surface area (TPSA) is 84.7 Å². The highest BCUT2D eigenvalue weighted by Gasteiger charge is 2.23. The SMILES string of the molecule is COC(=O)c1ccc2nc(Oc3ccc(-c4cccc(OCc5ccc(Cl)cc5F)n4)cc3)n(CC3CCO3)c2c1. The third kappa shape index (κ3) is 5.86. The number of methoxy groups -OCH3 is 1. The van der Waals surface area contributed by atoms with Crippen molar-refractivity contribution in [2.24, 2.45) is 0 Å². The molecule has 0 saturated carbocycles. The maximum absolute atomic E-state index is 14.1. The molecule has 5 aromatic rings. The number of halogens is 2. The first-order valence-electron chi connectivity index (χ1n) is 13.0. The molecule has 0 spiro atoms. The molecule has 8 nitrogen and oxygen atoms in total. The number of rotatable bonds is 9. The van der Waals surface area contributed by atoms with Gasteiger partial charge in [-0.15, -0.1) is 0 Å². The van der Waals surface area contributed by atoms with Gasteiger partial charge in [0.05, 0.1) is 42.0 Å². The van der Waals surface area contributed by atoms with Gasteiger partial charge < -0.3 is 18.9 Å². The number of esters is 1. The average Bonchev–Trinajstić information content (AvgIpc) is 3.30. The van der Waals surface area contributed by atoms with Crippen LogP contribution in [0.3, 0.4) is 0 Å². The van der Waals surface area contributed by atoms with E-state index in [2.05, 4.69) is 9.97 Å². The lowest BCUT2D eigenvalue weighted by Gasteiger charge is -2.27. The van der Waals surface area contributed by atoms with Gasteiger partial charge in [0, 0.05) is 28.8 Å². The number of hydrogen-bond acceptors (Lipinski definition) is 7. The number of fused-ring (bicyclic) bond motifs is 1. The second kappa shape index (κ2) is 11.6. The van der Waals surface area contributed by atoms with Gasteiger partial charge in [0.25, 0.3) is 0 Å². The van der Waals surface area contributed by atoms with Crippen molar-refractivity contribution in [1.82, 2.24) is 14.5 Å². The zero-order valence-corrected chi connectivity index (χ0v) is 22.8. The van der Waals surface area contributed by atoms with Gasteiger partial charge in [0.1, 0.15) is 18.2 Å². The number of carbonyl (C=O) groups is 1. The smallest absolute Gasteiger partial charge is 0.337 e. The lowest BCUT2D eigenvalue weighted by atomic mass is 10.1. The minimum absolute atomic E-state index is 0.0280. The molecule has 0 amide bonds. The summed E-state index contributed by atoms with van der Waals surface area (Å²) in [6.07, 6.45) is 0.991. The van der Waals surface area contributed by atoms with Crippen LogP contribution < -0.4 is 9.47 Å². The summed E-state index contributed by atoms with van der Waals surface area (Å²) in [6.45, 7) is 1.30. The van der Waals surface area contributed by atoms with Crippen molar-refractivity contribution in [2.75, 3.05) is 13.7 Å². The van der Waals surface area contributed by atoms with Gasteiger partial charge in [0.15, 0.2) is 0 Å². The van der Waals surface area contributed by atoms with E-state index in [1.54, 1.807) is 36.4 Å². The Balaban J connectivity index is 1.20. The summed E-state index contributed by atoms with van der Waals surface area (Å²) in [7, 11) is 1.35. The van der Waals surface area contributed by atoms with Crippen LogP contribution in [0, 0.1) is 5.82 Å². The lowest BCUT2D eigenvalue weighted by molar-refractivity contribution is -0.0593. The number of ether oxygens (including phenoxy) is 4. The fraction of sp³-hybridized carbons (Fsp3) is 0.194. The predicted molar refractivity (Wildman–Crippen MR) is 151 cm³/mol. The van der Waals surface area contributed by atoms with E-state index >= 15 is 0 Å². The normalized spacial score (nSPS) is 14.5. The Kier molecular flexibility index (Phi) is 7.54. The van der Waals surface area contributed by atoms with E-state index in [0.717, 1.165) is 24.1 Å². The van der Waals surface area contributed by atoms with Gasteiger partial charge in [-0.25, -0.2) is 14.2 Å². The number of aromatic nitrogens is 3. The van der Waals surface area contributed by atoms with Gasteiger partial charge in [-0.05, 0) is 67.1 Å². The molecule has 0 aliphatic carbocycles. The van der Waals surface area contributed by atoms with Gasteiger partial charge in [-0.1, -0.05) is 23.7 Å². The van der Waals surface area contributed by atoms with Crippen molar-refractivity contribution in [1.29, 1.82) is 0 Å². The Hall–Kier alpha value is -4.47. The highest BCUT2D eigenvalue weighted by molar-refractivity contribution is 6.30. The molecular weight excluding hydrogens is 549 g/mol. The number of hydrogen-bond donors (Lipinski definition) is 0. The van der Waals surface area contributed by atoms with Crippen LogP contribution in [0.5, 0.6) is 17.6 Å². The van der Waals surface area contributed by atoms with Crippen LogP contribution in [-0.2, 0) is 22.6 Å². The maximum Gasteiger partial charge on any atom is 0.337 e. The van der Waals surface area contributed by atoms with E-state index in [4.69, 9.17) is 30.5 Å². The quantitative estimate of drug-likeness (QED) is 0.179. The molecule has 6 rings (SSSR count). The molecule has 0 bridgehead atoms. The average molecular weight is 574 g/mol. The van der Waals surface area contributed by atoms with E-state index in [1.165, 1.54) is 13.2 Å². The van der Waals surface area contributed by atoms with Crippen LogP contribution >= 0.6 is 11.6 Å². The molecule has 1 fully saturated rings. The maximum atomic E-state index is 14.1. The van der Waals surface area contributed by atoms with Crippen molar-refractivity contribution >= 4 is 28.6 Å². The molecule has 3 heterocycles. The molecule has 3 aromatic carbocycles. The molecule has 0 radical (unpaired) electrons. The molecule has 1 saturated heterocycles. The molecule has 1 unspecified atom stereocenters. The van der Waals surface area contributed by atoms with Crippen molar-refractivity contribution in [3.8, 4) is 28.9 Å². The van der Waals surface area contributed by atoms with Crippen LogP contribution in [0.25, 0.3) is 22.3 Å². The fourth-order valence-electron chi connectivity index (χ4n) is 4.48. The van der Waals surface area contributed by atoms with E-state index in [0.29, 0.717) is 51.5 Å². The molecule has 2 aromatic heterocycles. The summed E-state index contributed by atoms with van der Waals surface area (Å²) in [6, 6.07) is 22.9. The summed E-state index contributed by atoms with van der Waals surface area (Å²) in [5.41, 5.74) is 3.82. The second-order valence-corrected chi connectivity index (χ2v) is 9.93. The second-order valence-electron chi connectivity index (χ2n) is 9.49. The first kappa shape index (κ1) is 26.7. The van der Waals surface area contributed by atoms with Crippen LogP contribution in [-0.4, -0.2) is 40.3 Å². The largest absolute Gasteiger partial charge is 0.473 e. The zero-order valence-electron chi connectivity index (χ0n) is 22.1. The molecule has 0 N–H and O–H groups in total. The Morgan fingerprint density at radius 3 is 2.63 bits per heavy atom. The lowest BCUT2D eigenvalue weighted by Crippen LogP contribution is -2.31. The number of nitrogens with zero attached hydrogens (tertiary/aromatic N) is 3. The van der Waals surface area contributed by atoms with Gasteiger partial charge in [0.2, 0.25) is 5.88 Å². The van der Waals surface area contributed by atoms with Gasteiger partial charge in [-0.2, -0.15) is 4.98 Å². The van der Waals surface area contributed by atoms with Crippen molar-refractivity contribution in [2.45, 2.75) is 25.7 Å². The monoisotopic (exact) mass is 573 g/mol. The highest BCUT2D eigenvalue weighted by atomic mass is 35.5. The summed E-state index contributed by atoms with van der Waals surface area (Å²) >= 11 is 5.83. The molecule has 10 heteroatoms. The van der Waals surface area contributed by atoms with Crippen molar-refractivity contribution < 1.29 is 28.1 Å². The number of pyridine rings is 1. The summed E-state index contributed by atoms with van der Waals surface area (Å²) < 4.78 is 38.5. The summed E-state index contributed by atoms with van der Waals surface area (Å²) in [4.78, 5) is 21.3. The van der Waals surface area contributed by atoms with Crippen LogP contribution in [0.1, 0.15) is 22.3 Å². The zero-order chi connectivity index (χ0) is 28.3. The molecule has 1 aliphatic rings. The number of imidazole rings is 1. The minimum Gasteiger partial charge on any atom is -0.473 e. The van der Waals surface area contributed by atoms with Crippen molar-refractivity contribution in [3.63, 3.8) is 0 Å². The summed E-state index contributed by atoms with van der Waals surface area (Å²) in [5.74, 6) is 0.105. The standard InChI is InChI=1S/C31H25ClFN3O5/c1-38-30(37)20-8-12-27-28(15-20)36(17-24-13-14-39-24)31(35-27)41-23-10-6-19(7-11-23)26-3-2-4-29(34-26)40-18-21-5-9-22(32)16-25(21)33/h2-12,15-16,24H,13-14,17-18H2,1H3. The third-order valence-corrected chi connectivity index (χ3v) is 7.02. The molecule has 208 valence electrons.